The molecule has 8 unspecified atom stereocenters. The van der Waals surface area contributed by atoms with Crippen LogP contribution in [0, 0.1) is 23.7 Å². The molecule has 2 N–H and O–H groups in total. The number of nitrogens with zero attached hydrogens (tertiary/aromatic N) is 1. The van der Waals surface area contributed by atoms with Gasteiger partial charge in [0.25, 0.3) is 0 Å². The largest absolute Gasteiger partial charge is 0.497 e. The van der Waals surface area contributed by atoms with Crippen molar-refractivity contribution in [1.29, 1.82) is 0 Å². The second-order valence-corrected chi connectivity index (χ2v) is 12.3. The second-order valence-electron chi connectivity index (χ2n) is 12.3. The number of hydrogen-bond acceptors (Lipinski definition) is 5. The molecule has 8 atom stereocenters. The number of fused-ring (bicyclic) bond motifs is 1. The van der Waals surface area contributed by atoms with Gasteiger partial charge in [-0.2, -0.15) is 0 Å². The van der Waals surface area contributed by atoms with Crippen molar-refractivity contribution in [2.75, 3.05) is 12.4 Å². The van der Waals surface area contributed by atoms with E-state index in [0.29, 0.717) is 23.3 Å². The van der Waals surface area contributed by atoms with Gasteiger partial charge in [-0.25, -0.2) is 0 Å². The van der Waals surface area contributed by atoms with E-state index in [4.69, 9.17) is 9.47 Å². The van der Waals surface area contributed by atoms with Crippen molar-refractivity contribution >= 4 is 23.4 Å². The summed E-state index contributed by atoms with van der Waals surface area (Å²) in [4.78, 5) is 44.0. The molecule has 3 aliphatic heterocycles. The van der Waals surface area contributed by atoms with Gasteiger partial charge >= 0.3 is 0 Å². The Morgan fingerprint density at radius 1 is 1.00 bits per heavy atom. The first kappa shape index (κ1) is 26.4. The van der Waals surface area contributed by atoms with Gasteiger partial charge in [-0.3, -0.25) is 14.4 Å². The van der Waals surface area contributed by atoms with E-state index in [1.54, 1.807) is 31.4 Å². The summed E-state index contributed by atoms with van der Waals surface area (Å²) in [5.74, 6) is -0.308. The zero-order valence-corrected chi connectivity index (χ0v) is 23.2. The summed E-state index contributed by atoms with van der Waals surface area (Å²) in [7, 11) is 1.60. The Morgan fingerprint density at radius 3 is 2.46 bits per heavy atom. The first-order chi connectivity index (χ1) is 18.8. The van der Waals surface area contributed by atoms with E-state index in [1.165, 1.54) is 6.42 Å². The molecule has 5 aliphatic rings. The van der Waals surface area contributed by atoms with Crippen LogP contribution in [0.1, 0.15) is 65.2 Å². The lowest BCUT2D eigenvalue weighted by atomic mass is 9.73. The highest BCUT2D eigenvalue weighted by Crippen LogP contribution is 2.56. The van der Waals surface area contributed by atoms with Crippen LogP contribution in [-0.2, 0) is 19.1 Å². The average Bonchev–Trinajstić information content (AvgIpc) is 3.59. The van der Waals surface area contributed by atoms with Gasteiger partial charge < -0.3 is 25.0 Å². The molecule has 1 aromatic carbocycles. The Morgan fingerprint density at radius 2 is 1.74 bits per heavy atom. The van der Waals surface area contributed by atoms with Gasteiger partial charge in [0.05, 0.1) is 25.0 Å². The fraction of sp³-hybridized carbons (Fsp3) is 0.645. The van der Waals surface area contributed by atoms with Gasteiger partial charge in [0.1, 0.15) is 17.4 Å². The monoisotopic (exact) mass is 535 g/mol. The Balaban J connectivity index is 1.30. The number of amides is 3. The number of anilines is 1. The van der Waals surface area contributed by atoms with E-state index in [1.807, 2.05) is 17.1 Å². The minimum absolute atomic E-state index is 0.00831. The van der Waals surface area contributed by atoms with Crippen LogP contribution in [0.25, 0.3) is 0 Å². The fourth-order valence-electron chi connectivity index (χ4n) is 7.91. The lowest BCUT2D eigenvalue weighted by molar-refractivity contribution is -0.145. The van der Waals surface area contributed by atoms with Crippen molar-refractivity contribution in [2.24, 2.45) is 23.7 Å². The van der Waals surface area contributed by atoms with E-state index >= 15 is 0 Å². The van der Waals surface area contributed by atoms with Crippen molar-refractivity contribution in [1.82, 2.24) is 10.2 Å². The topological polar surface area (TPSA) is 97.0 Å². The maximum absolute atomic E-state index is 14.3. The van der Waals surface area contributed by atoms with Crippen molar-refractivity contribution in [3.8, 4) is 5.75 Å². The van der Waals surface area contributed by atoms with Crippen LogP contribution in [0.3, 0.4) is 0 Å². The number of nitrogens with one attached hydrogen (secondary N) is 2. The molecule has 2 saturated carbocycles. The summed E-state index contributed by atoms with van der Waals surface area (Å²) < 4.78 is 11.8. The van der Waals surface area contributed by atoms with Gasteiger partial charge in [-0.05, 0) is 55.4 Å². The first-order valence-electron chi connectivity index (χ1n) is 14.8. The summed E-state index contributed by atoms with van der Waals surface area (Å²) in [6, 6.07) is 6.44. The van der Waals surface area contributed by atoms with Gasteiger partial charge in [0, 0.05) is 17.8 Å². The SMILES string of the molecule is COc1ccc(NC(=O)C2C3C=CC4(O3)C2C(=O)N(C2CCCCC2)C4C(=O)NC2CCCC(C)C2C)cc1. The first-order valence-corrected chi connectivity index (χ1v) is 14.8. The zero-order chi connectivity index (χ0) is 27.3. The number of likely N-dealkylation sites (tertiary alicyclic amines) is 1. The quantitative estimate of drug-likeness (QED) is 0.536. The molecular weight excluding hydrogens is 494 g/mol. The number of carbonyl (C=O) groups is 3. The Hall–Kier alpha value is -2.87. The summed E-state index contributed by atoms with van der Waals surface area (Å²) in [5, 5.41) is 6.34. The van der Waals surface area contributed by atoms with Crippen molar-refractivity contribution < 1.29 is 23.9 Å². The van der Waals surface area contributed by atoms with Gasteiger partial charge in [-0.15, -0.1) is 0 Å². The van der Waals surface area contributed by atoms with E-state index in [-0.39, 0.29) is 29.8 Å². The van der Waals surface area contributed by atoms with E-state index in [2.05, 4.69) is 24.5 Å². The van der Waals surface area contributed by atoms with Crippen molar-refractivity contribution in [3.05, 3.63) is 36.4 Å². The molecule has 2 aliphatic carbocycles. The minimum Gasteiger partial charge on any atom is -0.497 e. The normalized spacial score (nSPS) is 37.6. The number of hydrogen-bond donors (Lipinski definition) is 2. The number of ether oxygens (including phenoxy) is 2. The molecule has 1 spiro atoms. The number of methoxy groups -OCH3 is 1. The molecule has 2 saturated heterocycles. The summed E-state index contributed by atoms with van der Waals surface area (Å²) in [6.07, 6.45) is 11.5. The molecule has 0 radical (unpaired) electrons. The molecule has 0 aromatic heterocycles. The molecular formula is C31H41N3O5. The molecule has 3 amide bonds. The molecule has 8 nitrogen and oxygen atoms in total. The van der Waals surface area contributed by atoms with Crippen LogP contribution >= 0.6 is 0 Å². The fourth-order valence-corrected chi connectivity index (χ4v) is 7.91. The Bertz CT molecular complexity index is 1150. The number of benzene rings is 1. The second kappa shape index (κ2) is 10.3. The summed E-state index contributed by atoms with van der Waals surface area (Å²) in [6.45, 7) is 4.47. The van der Waals surface area contributed by atoms with Crippen LogP contribution in [0.4, 0.5) is 5.69 Å². The molecule has 39 heavy (non-hydrogen) atoms. The predicted molar refractivity (Wildman–Crippen MR) is 147 cm³/mol. The molecule has 4 fully saturated rings. The molecule has 8 heteroatoms. The van der Waals surface area contributed by atoms with Gasteiger partial charge in [-0.1, -0.05) is 58.1 Å². The molecule has 210 valence electrons. The smallest absolute Gasteiger partial charge is 0.246 e. The third-order valence-electron chi connectivity index (χ3n) is 10.2. The number of rotatable bonds is 6. The predicted octanol–water partition coefficient (Wildman–Crippen LogP) is 4.06. The van der Waals surface area contributed by atoms with E-state index < -0.39 is 29.6 Å². The van der Waals surface area contributed by atoms with Crippen LogP contribution in [-0.4, -0.2) is 59.6 Å². The lowest BCUT2D eigenvalue weighted by Gasteiger charge is -2.40. The maximum atomic E-state index is 14.3. The average molecular weight is 536 g/mol. The Labute approximate surface area is 230 Å². The van der Waals surface area contributed by atoms with Crippen LogP contribution in [0.15, 0.2) is 36.4 Å². The summed E-state index contributed by atoms with van der Waals surface area (Å²) in [5.41, 5.74) is -0.486. The van der Waals surface area contributed by atoms with Gasteiger partial charge in [0.15, 0.2) is 0 Å². The zero-order valence-electron chi connectivity index (χ0n) is 23.2. The van der Waals surface area contributed by atoms with Gasteiger partial charge in [0.2, 0.25) is 17.7 Å². The summed E-state index contributed by atoms with van der Waals surface area (Å²) >= 11 is 0. The van der Waals surface area contributed by atoms with Crippen LogP contribution in [0.2, 0.25) is 0 Å². The lowest BCUT2D eigenvalue weighted by Crippen LogP contribution is -2.59. The minimum atomic E-state index is -1.12. The highest BCUT2D eigenvalue weighted by Gasteiger charge is 2.73. The molecule has 2 bridgehead atoms. The number of carbonyl (C=O) groups excluding carboxylic acids is 3. The molecule has 3 heterocycles. The molecule has 6 rings (SSSR count). The van der Waals surface area contributed by atoms with Crippen molar-refractivity contribution in [2.45, 2.75) is 95.0 Å². The third-order valence-corrected chi connectivity index (χ3v) is 10.2. The highest BCUT2D eigenvalue weighted by atomic mass is 16.5. The molecule has 1 aromatic rings. The van der Waals surface area contributed by atoms with Crippen molar-refractivity contribution in [3.63, 3.8) is 0 Å². The van der Waals surface area contributed by atoms with E-state index in [9.17, 15) is 14.4 Å². The maximum Gasteiger partial charge on any atom is 0.246 e. The van der Waals surface area contributed by atoms with Crippen LogP contribution in [0.5, 0.6) is 5.75 Å². The highest BCUT2D eigenvalue weighted by molar-refractivity contribution is 6.03. The Kier molecular flexibility index (Phi) is 6.94. The standard InChI is InChI=1S/C31H41N3O5/c1-18-8-7-11-23(19(18)2)33-29(36)27-31-17-16-24(39-31)25(28(35)32-20-12-14-22(38-3)15-13-20)26(31)30(37)34(27)21-9-5-4-6-10-21/h12-19,21,23-27H,4-11H2,1-3H3,(H,32,35)(H,33,36). The van der Waals surface area contributed by atoms with Crippen LogP contribution < -0.4 is 15.4 Å². The van der Waals surface area contributed by atoms with E-state index in [0.717, 1.165) is 44.9 Å². The third kappa shape index (κ3) is 4.35.